The summed E-state index contributed by atoms with van der Waals surface area (Å²) in [4.78, 5) is 64.9. The van der Waals surface area contributed by atoms with Crippen molar-refractivity contribution in [3.8, 4) is 0 Å². The number of carbonyl (C=O) groups excluding carboxylic acids is 3. The van der Waals surface area contributed by atoms with E-state index in [1.54, 1.807) is 20.0 Å². The van der Waals surface area contributed by atoms with Crippen LogP contribution >= 0.6 is 0 Å². The lowest BCUT2D eigenvalue weighted by Crippen LogP contribution is -2.59. The van der Waals surface area contributed by atoms with Gasteiger partial charge in [0.2, 0.25) is 17.7 Å². The number of fused-ring (bicyclic) bond motifs is 1. The van der Waals surface area contributed by atoms with Crippen LogP contribution in [0, 0.1) is 5.92 Å². The SMILES string of the molecule is CC(C)C(NC(=O)C(N)CCCCN)C(=O)NC(Cc1c[nH]c2ccccc12)C(=O)NC(CC(=O)O)C(=O)O. The van der Waals surface area contributed by atoms with Gasteiger partial charge in [0.1, 0.15) is 18.1 Å². The monoisotopic (exact) mass is 546 g/mol. The molecule has 13 heteroatoms. The average Bonchev–Trinajstić information content (AvgIpc) is 3.28. The number of nitrogens with one attached hydrogen (secondary N) is 4. The number of aliphatic carboxylic acids is 2. The number of benzene rings is 1. The van der Waals surface area contributed by atoms with Crippen LogP contribution in [0.3, 0.4) is 0 Å². The van der Waals surface area contributed by atoms with Crippen LogP contribution in [-0.2, 0) is 30.4 Å². The normalized spacial score (nSPS) is 14.3. The first kappa shape index (κ1) is 31.2. The van der Waals surface area contributed by atoms with Gasteiger partial charge in [0.25, 0.3) is 0 Å². The smallest absolute Gasteiger partial charge is 0.326 e. The summed E-state index contributed by atoms with van der Waals surface area (Å²) in [6.07, 6.45) is 2.54. The zero-order valence-corrected chi connectivity index (χ0v) is 22.1. The van der Waals surface area contributed by atoms with Crippen molar-refractivity contribution in [2.75, 3.05) is 6.54 Å². The maximum Gasteiger partial charge on any atom is 0.326 e. The fourth-order valence-electron chi connectivity index (χ4n) is 4.07. The minimum absolute atomic E-state index is 0.0294. The number of para-hydroxylation sites is 1. The molecule has 1 heterocycles. The highest BCUT2D eigenvalue weighted by Gasteiger charge is 2.32. The van der Waals surface area contributed by atoms with Crippen LogP contribution in [0.15, 0.2) is 30.5 Å². The van der Waals surface area contributed by atoms with Gasteiger partial charge in [-0.15, -0.1) is 0 Å². The molecule has 2 rings (SSSR count). The Balaban J connectivity index is 2.27. The number of hydrogen-bond donors (Lipinski definition) is 8. The third-order valence-corrected chi connectivity index (χ3v) is 6.28. The number of hydrogen-bond acceptors (Lipinski definition) is 7. The van der Waals surface area contributed by atoms with Crippen LogP contribution < -0.4 is 27.4 Å². The molecule has 13 nitrogen and oxygen atoms in total. The van der Waals surface area contributed by atoms with E-state index in [9.17, 15) is 29.1 Å². The molecule has 0 saturated carbocycles. The first-order valence-corrected chi connectivity index (χ1v) is 12.8. The molecule has 1 aromatic carbocycles. The van der Waals surface area contributed by atoms with Crippen LogP contribution in [0.5, 0.6) is 0 Å². The number of nitrogens with two attached hydrogens (primary N) is 2. The van der Waals surface area contributed by atoms with Gasteiger partial charge in [-0.05, 0) is 36.9 Å². The number of H-pyrrole nitrogens is 1. The standard InChI is InChI=1S/C26H38N6O7/c1-14(2)22(32-23(35)17(28)8-5-6-10-27)25(37)30-19(24(36)31-20(26(38)39)12-21(33)34)11-15-13-29-18-9-4-3-7-16(15)18/h3-4,7,9,13-14,17,19-20,22,29H,5-6,8,10-12,27-28H2,1-2H3,(H,30,37)(H,31,36)(H,32,35)(H,33,34)(H,38,39). The molecule has 10 N–H and O–H groups in total. The molecule has 0 radical (unpaired) electrons. The van der Waals surface area contributed by atoms with Gasteiger partial charge >= 0.3 is 11.9 Å². The van der Waals surface area contributed by atoms with Crippen LogP contribution in [0.4, 0.5) is 0 Å². The van der Waals surface area contributed by atoms with Gasteiger partial charge in [0.05, 0.1) is 12.5 Å². The van der Waals surface area contributed by atoms with E-state index in [2.05, 4.69) is 20.9 Å². The second-order valence-electron chi connectivity index (χ2n) is 9.74. The maximum atomic E-state index is 13.3. The molecule has 214 valence electrons. The van der Waals surface area contributed by atoms with Crippen molar-refractivity contribution in [3.05, 3.63) is 36.0 Å². The van der Waals surface area contributed by atoms with Crippen molar-refractivity contribution in [3.63, 3.8) is 0 Å². The molecule has 4 atom stereocenters. The molecule has 39 heavy (non-hydrogen) atoms. The van der Waals surface area contributed by atoms with Gasteiger partial charge in [-0.1, -0.05) is 38.5 Å². The predicted octanol–water partition coefficient (Wildman–Crippen LogP) is -0.164. The van der Waals surface area contributed by atoms with Crippen molar-refractivity contribution in [2.45, 2.75) is 70.1 Å². The molecule has 3 amide bonds. The highest BCUT2D eigenvalue weighted by molar-refractivity contribution is 5.95. The molecule has 0 saturated heterocycles. The fourth-order valence-corrected chi connectivity index (χ4v) is 4.07. The first-order chi connectivity index (χ1) is 18.4. The summed E-state index contributed by atoms with van der Waals surface area (Å²) in [6, 6.07) is 2.44. The van der Waals surface area contributed by atoms with Crippen LogP contribution in [0.25, 0.3) is 10.9 Å². The Morgan fingerprint density at radius 3 is 2.21 bits per heavy atom. The highest BCUT2D eigenvalue weighted by atomic mass is 16.4. The van der Waals surface area contributed by atoms with E-state index >= 15 is 0 Å². The zero-order chi connectivity index (χ0) is 29.1. The van der Waals surface area contributed by atoms with Crippen molar-refractivity contribution in [1.29, 1.82) is 0 Å². The van der Waals surface area contributed by atoms with Gasteiger partial charge in [-0.3, -0.25) is 19.2 Å². The molecule has 0 spiro atoms. The Bertz CT molecular complexity index is 1160. The van der Waals surface area contributed by atoms with Crippen LogP contribution in [0.2, 0.25) is 0 Å². The second kappa shape index (κ2) is 14.8. The van der Waals surface area contributed by atoms with E-state index in [0.717, 1.165) is 10.9 Å². The number of aromatic amines is 1. The molecule has 0 fully saturated rings. The third kappa shape index (κ3) is 9.37. The highest BCUT2D eigenvalue weighted by Crippen LogP contribution is 2.19. The summed E-state index contributed by atoms with van der Waals surface area (Å²) in [7, 11) is 0. The van der Waals surface area contributed by atoms with Gasteiger partial charge in [0.15, 0.2) is 0 Å². The molecule has 2 aromatic rings. The fraction of sp³-hybridized carbons (Fsp3) is 0.500. The lowest BCUT2D eigenvalue weighted by molar-refractivity contribution is -0.147. The van der Waals surface area contributed by atoms with Crippen molar-refractivity contribution < 1.29 is 34.2 Å². The quantitative estimate of drug-likeness (QED) is 0.131. The number of rotatable bonds is 16. The van der Waals surface area contributed by atoms with Crippen molar-refractivity contribution in [1.82, 2.24) is 20.9 Å². The summed E-state index contributed by atoms with van der Waals surface area (Å²) in [5.74, 6) is -5.39. The lowest BCUT2D eigenvalue weighted by Gasteiger charge is -2.27. The first-order valence-electron chi connectivity index (χ1n) is 12.8. The predicted molar refractivity (Wildman–Crippen MR) is 143 cm³/mol. The maximum absolute atomic E-state index is 13.3. The largest absolute Gasteiger partial charge is 0.481 e. The Kier molecular flexibility index (Phi) is 11.9. The molecule has 0 aliphatic heterocycles. The summed E-state index contributed by atoms with van der Waals surface area (Å²) < 4.78 is 0. The minimum atomic E-state index is -1.70. The molecular weight excluding hydrogens is 508 g/mol. The number of aromatic nitrogens is 1. The Morgan fingerprint density at radius 1 is 0.923 bits per heavy atom. The second-order valence-corrected chi connectivity index (χ2v) is 9.74. The number of carboxylic acid groups (broad SMARTS) is 2. The van der Waals surface area contributed by atoms with Gasteiger partial charge < -0.3 is 42.6 Å². The lowest BCUT2D eigenvalue weighted by atomic mass is 9.99. The summed E-state index contributed by atoms with van der Waals surface area (Å²) in [6.45, 7) is 3.90. The van der Waals surface area contributed by atoms with Crippen LogP contribution in [0.1, 0.15) is 45.1 Å². The van der Waals surface area contributed by atoms with Gasteiger partial charge in [-0.2, -0.15) is 0 Å². The summed E-state index contributed by atoms with van der Waals surface area (Å²) in [5, 5.41) is 26.7. The molecule has 0 aliphatic rings. The van der Waals surface area contributed by atoms with E-state index in [4.69, 9.17) is 16.6 Å². The molecule has 4 unspecified atom stereocenters. The minimum Gasteiger partial charge on any atom is -0.481 e. The molecule has 1 aromatic heterocycles. The third-order valence-electron chi connectivity index (χ3n) is 6.28. The van der Waals surface area contributed by atoms with E-state index in [-0.39, 0.29) is 12.3 Å². The van der Waals surface area contributed by atoms with E-state index in [0.29, 0.717) is 31.4 Å². The van der Waals surface area contributed by atoms with Crippen molar-refractivity contribution >= 4 is 40.6 Å². The van der Waals surface area contributed by atoms with E-state index in [1.807, 2.05) is 24.3 Å². The topological polar surface area (TPSA) is 230 Å². The van der Waals surface area contributed by atoms with Gasteiger partial charge in [-0.25, -0.2) is 4.79 Å². The Labute approximate surface area is 226 Å². The number of carboxylic acids is 2. The van der Waals surface area contributed by atoms with Crippen LogP contribution in [-0.4, -0.2) is 75.6 Å². The van der Waals surface area contributed by atoms with E-state index in [1.165, 1.54) is 0 Å². The summed E-state index contributed by atoms with van der Waals surface area (Å²) in [5.41, 5.74) is 12.9. The Hall–Kier alpha value is -3.97. The Morgan fingerprint density at radius 2 is 1.59 bits per heavy atom. The molecular formula is C26H38N6O7. The van der Waals surface area contributed by atoms with Gasteiger partial charge in [0, 0.05) is 23.5 Å². The zero-order valence-electron chi connectivity index (χ0n) is 22.1. The number of carbonyl (C=O) groups is 5. The molecule has 0 bridgehead atoms. The number of amides is 3. The molecule has 0 aliphatic carbocycles. The van der Waals surface area contributed by atoms with E-state index < -0.39 is 60.2 Å². The average molecular weight is 547 g/mol. The number of unbranched alkanes of at least 4 members (excludes halogenated alkanes) is 1. The summed E-state index contributed by atoms with van der Waals surface area (Å²) >= 11 is 0. The van der Waals surface area contributed by atoms with Crippen molar-refractivity contribution in [2.24, 2.45) is 17.4 Å².